The average Bonchev–Trinajstić information content (AvgIpc) is 2.44. The van der Waals surface area contributed by atoms with Gasteiger partial charge in [0.25, 0.3) is 0 Å². The van der Waals surface area contributed by atoms with Gasteiger partial charge >= 0.3 is 0 Å². The second-order valence-corrected chi connectivity index (χ2v) is 7.06. The van der Waals surface area contributed by atoms with Crippen LogP contribution in [0.5, 0.6) is 0 Å². The van der Waals surface area contributed by atoms with Crippen molar-refractivity contribution >= 4 is 50.2 Å². The van der Waals surface area contributed by atoms with Gasteiger partial charge in [0.1, 0.15) is 6.54 Å². The molecule has 1 aromatic rings. The molecule has 0 aliphatic rings. The molecule has 0 atom stereocenters. The van der Waals surface area contributed by atoms with Crippen molar-refractivity contribution in [2.45, 2.75) is 6.92 Å². The van der Waals surface area contributed by atoms with E-state index in [9.17, 15) is 13.2 Å². The van der Waals surface area contributed by atoms with E-state index in [2.05, 4.69) is 3.53 Å². The summed E-state index contributed by atoms with van der Waals surface area (Å²) in [6, 6.07) is 6.94. The van der Waals surface area contributed by atoms with E-state index >= 15 is 0 Å². The predicted octanol–water partition coefficient (Wildman–Crippen LogP) is 1.69. The highest BCUT2D eigenvalue weighted by molar-refractivity contribution is 14.1. The Labute approximate surface area is 133 Å². The Kier molecular flexibility index (Phi) is 6.06. The third-order valence-electron chi connectivity index (χ3n) is 2.72. The van der Waals surface area contributed by atoms with Crippen molar-refractivity contribution in [3.8, 4) is 0 Å². The second-order valence-electron chi connectivity index (χ2n) is 4.34. The van der Waals surface area contributed by atoms with E-state index in [0.717, 1.165) is 9.99 Å². The van der Waals surface area contributed by atoms with E-state index < -0.39 is 10.0 Å². The zero-order valence-electron chi connectivity index (χ0n) is 11.6. The molecule has 0 aromatic heterocycles. The molecule has 0 aliphatic heterocycles. The molecule has 0 spiro atoms. The molecule has 1 rings (SSSR count). The Hall–Kier alpha value is -1.03. The Morgan fingerprint density at radius 3 is 2.50 bits per heavy atom. The number of carbonyl (C=O) groups excluding carboxylic acids is 1. The quantitative estimate of drug-likeness (QED) is 0.572. The van der Waals surface area contributed by atoms with Crippen LogP contribution in [0.15, 0.2) is 24.3 Å². The standard InChI is InChI=1S/C12H18IN3O3S/c1-4-20(18,19)16(9-12(17)15(2)3)11-7-5-6-10(8-11)14-13/h5-8,14H,4,9H2,1-3H3. The third kappa shape index (κ3) is 4.23. The number of nitrogens with one attached hydrogen (secondary N) is 1. The predicted molar refractivity (Wildman–Crippen MR) is 89.6 cm³/mol. The molecule has 20 heavy (non-hydrogen) atoms. The lowest BCUT2D eigenvalue weighted by Gasteiger charge is -2.25. The Morgan fingerprint density at radius 1 is 1.35 bits per heavy atom. The van der Waals surface area contributed by atoms with Crippen LogP contribution in [-0.2, 0) is 14.8 Å². The highest BCUT2D eigenvalue weighted by Gasteiger charge is 2.24. The van der Waals surface area contributed by atoms with Gasteiger partial charge in [-0.25, -0.2) is 8.42 Å². The Balaban J connectivity index is 3.20. The minimum Gasteiger partial charge on any atom is -0.347 e. The zero-order chi connectivity index (χ0) is 15.3. The number of rotatable bonds is 6. The fourth-order valence-corrected chi connectivity index (χ4v) is 2.88. The number of sulfonamides is 1. The first-order valence-electron chi connectivity index (χ1n) is 5.99. The lowest BCUT2D eigenvalue weighted by atomic mass is 10.3. The number of carbonyl (C=O) groups is 1. The first-order valence-corrected chi connectivity index (χ1v) is 8.68. The van der Waals surface area contributed by atoms with Crippen LogP contribution in [0.1, 0.15) is 6.92 Å². The molecule has 0 bridgehead atoms. The van der Waals surface area contributed by atoms with E-state index in [0.29, 0.717) is 5.69 Å². The van der Waals surface area contributed by atoms with Crippen molar-refractivity contribution in [2.24, 2.45) is 0 Å². The Bertz CT molecular complexity index is 575. The molecule has 112 valence electrons. The molecular formula is C12H18IN3O3S. The number of nitrogens with zero attached hydrogens (tertiary/aromatic N) is 2. The van der Waals surface area contributed by atoms with Crippen molar-refractivity contribution in [1.29, 1.82) is 0 Å². The maximum absolute atomic E-state index is 12.2. The first kappa shape index (κ1) is 17.0. The summed E-state index contributed by atoms with van der Waals surface area (Å²) in [5.41, 5.74) is 1.25. The molecule has 0 heterocycles. The van der Waals surface area contributed by atoms with E-state index in [1.165, 1.54) is 4.90 Å². The van der Waals surface area contributed by atoms with Crippen LogP contribution in [0.3, 0.4) is 0 Å². The molecule has 0 saturated carbocycles. The van der Waals surface area contributed by atoms with E-state index in [1.807, 2.05) is 28.9 Å². The molecule has 1 aromatic carbocycles. The molecule has 1 N–H and O–H groups in total. The highest BCUT2D eigenvalue weighted by Crippen LogP contribution is 2.23. The summed E-state index contributed by atoms with van der Waals surface area (Å²) in [5.74, 6) is -0.329. The van der Waals surface area contributed by atoms with Crippen LogP contribution < -0.4 is 7.84 Å². The number of likely N-dealkylation sites (N-methyl/N-ethyl adjacent to an activating group) is 1. The van der Waals surface area contributed by atoms with E-state index in [1.54, 1.807) is 39.2 Å². The zero-order valence-corrected chi connectivity index (χ0v) is 14.6. The van der Waals surface area contributed by atoms with Crippen LogP contribution in [0.25, 0.3) is 0 Å². The molecular weight excluding hydrogens is 393 g/mol. The topological polar surface area (TPSA) is 69.7 Å². The number of hydrogen-bond acceptors (Lipinski definition) is 4. The van der Waals surface area contributed by atoms with Crippen LogP contribution in [0.4, 0.5) is 11.4 Å². The first-order chi connectivity index (χ1) is 9.31. The SMILES string of the molecule is CCS(=O)(=O)N(CC(=O)N(C)C)c1cccc(NI)c1. The maximum atomic E-state index is 12.2. The minimum absolute atomic E-state index is 0.0599. The Morgan fingerprint density at radius 2 is 2.00 bits per heavy atom. The summed E-state index contributed by atoms with van der Waals surface area (Å²) in [5, 5.41) is 0. The van der Waals surface area contributed by atoms with Gasteiger partial charge in [-0.3, -0.25) is 9.10 Å². The van der Waals surface area contributed by atoms with Crippen molar-refractivity contribution in [3.05, 3.63) is 24.3 Å². The number of hydrogen-bond donors (Lipinski definition) is 1. The van der Waals surface area contributed by atoms with Gasteiger partial charge < -0.3 is 8.43 Å². The molecule has 0 fully saturated rings. The smallest absolute Gasteiger partial charge is 0.242 e. The molecule has 0 saturated heterocycles. The summed E-state index contributed by atoms with van der Waals surface area (Å²) in [4.78, 5) is 13.2. The van der Waals surface area contributed by atoms with Crippen LogP contribution >= 0.6 is 22.9 Å². The van der Waals surface area contributed by atoms with Gasteiger partial charge in [-0.1, -0.05) is 6.07 Å². The monoisotopic (exact) mass is 411 g/mol. The number of benzene rings is 1. The second kappa shape index (κ2) is 7.11. The fourth-order valence-electron chi connectivity index (χ4n) is 1.49. The molecule has 0 unspecified atom stereocenters. The van der Waals surface area contributed by atoms with Gasteiger partial charge in [0.2, 0.25) is 15.9 Å². The van der Waals surface area contributed by atoms with E-state index in [4.69, 9.17) is 0 Å². The van der Waals surface area contributed by atoms with Crippen LogP contribution in [0.2, 0.25) is 0 Å². The van der Waals surface area contributed by atoms with Gasteiger partial charge in [-0.15, -0.1) is 0 Å². The molecule has 1 amide bonds. The number of amides is 1. The maximum Gasteiger partial charge on any atom is 0.242 e. The van der Waals surface area contributed by atoms with Crippen LogP contribution in [-0.4, -0.2) is 45.6 Å². The van der Waals surface area contributed by atoms with Crippen molar-refractivity contribution in [3.63, 3.8) is 0 Å². The fraction of sp³-hybridized carbons (Fsp3) is 0.417. The van der Waals surface area contributed by atoms with Gasteiger partial charge in [0, 0.05) is 19.8 Å². The highest BCUT2D eigenvalue weighted by atomic mass is 127. The molecule has 0 aliphatic carbocycles. The van der Waals surface area contributed by atoms with E-state index in [-0.39, 0.29) is 18.2 Å². The lowest BCUT2D eigenvalue weighted by molar-refractivity contribution is -0.127. The lowest BCUT2D eigenvalue weighted by Crippen LogP contribution is -2.41. The minimum atomic E-state index is -3.51. The van der Waals surface area contributed by atoms with Gasteiger partial charge in [-0.2, -0.15) is 0 Å². The summed E-state index contributed by atoms with van der Waals surface area (Å²) < 4.78 is 28.4. The normalized spacial score (nSPS) is 11.0. The summed E-state index contributed by atoms with van der Waals surface area (Å²) >= 11 is 1.97. The van der Waals surface area contributed by atoms with Crippen LogP contribution in [0, 0.1) is 0 Å². The molecule has 8 heteroatoms. The van der Waals surface area contributed by atoms with Gasteiger partial charge in [0.05, 0.1) is 34.3 Å². The van der Waals surface area contributed by atoms with Crippen molar-refractivity contribution in [1.82, 2.24) is 4.90 Å². The van der Waals surface area contributed by atoms with Gasteiger partial charge in [-0.05, 0) is 25.1 Å². The summed E-state index contributed by atoms with van der Waals surface area (Å²) in [6.07, 6.45) is 0. The van der Waals surface area contributed by atoms with Gasteiger partial charge in [0.15, 0.2) is 0 Å². The average molecular weight is 411 g/mol. The molecule has 0 radical (unpaired) electrons. The molecule has 6 nitrogen and oxygen atoms in total. The third-order valence-corrected chi connectivity index (χ3v) is 5.09. The van der Waals surface area contributed by atoms with Crippen molar-refractivity contribution in [2.75, 3.05) is 34.2 Å². The summed E-state index contributed by atoms with van der Waals surface area (Å²) in [7, 11) is -0.313. The number of anilines is 2. The number of halogens is 1. The summed E-state index contributed by atoms with van der Waals surface area (Å²) in [6.45, 7) is 1.36. The largest absolute Gasteiger partial charge is 0.347 e. The van der Waals surface area contributed by atoms with Crippen molar-refractivity contribution < 1.29 is 13.2 Å².